The predicted octanol–water partition coefficient (Wildman–Crippen LogP) is 5.13. The molecule has 0 aliphatic carbocycles. The second-order valence-corrected chi connectivity index (χ2v) is 13.4. The van der Waals surface area contributed by atoms with Crippen molar-refractivity contribution in [3.05, 3.63) is 96.6 Å². The van der Waals surface area contributed by atoms with Crippen LogP contribution in [0.5, 0.6) is 0 Å². The van der Waals surface area contributed by atoms with Gasteiger partial charge in [0.25, 0.3) is 8.32 Å². The van der Waals surface area contributed by atoms with Gasteiger partial charge in [0.2, 0.25) is 0 Å². The topological polar surface area (TPSA) is 35.5 Å². The van der Waals surface area contributed by atoms with Gasteiger partial charge in [-0.1, -0.05) is 112 Å². The van der Waals surface area contributed by atoms with Gasteiger partial charge in [0.1, 0.15) is 6.29 Å². The Kier molecular flexibility index (Phi) is 8.57. The van der Waals surface area contributed by atoms with Gasteiger partial charge in [-0.15, -0.1) is 0 Å². The van der Waals surface area contributed by atoms with Gasteiger partial charge in [-0.05, 0) is 27.4 Å². The van der Waals surface area contributed by atoms with E-state index in [1.165, 1.54) is 10.4 Å². The molecule has 32 heavy (non-hydrogen) atoms. The molecule has 0 spiro atoms. The molecule has 3 aromatic carbocycles. The first-order valence-corrected chi connectivity index (χ1v) is 13.2. The molecule has 1 atom stereocenters. The van der Waals surface area contributed by atoms with E-state index in [9.17, 15) is 4.79 Å². The van der Waals surface area contributed by atoms with Crippen molar-refractivity contribution in [1.29, 1.82) is 0 Å². The second-order valence-electron chi connectivity index (χ2n) is 9.14. The first kappa shape index (κ1) is 24.1. The minimum absolute atomic E-state index is 0.0929. The number of carbonyl (C=O) groups is 1. The zero-order chi connectivity index (χ0) is 22.9. The van der Waals surface area contributed by atoms with Gasteiger partial charge >= 0.3 is 0 Å². The Balaban J connectivity index is 1.91. The van der Waals surface area contributed by atoms with Crippen molar-refractivity contribution in [3.8, 4) is 0 Å². The lowest BCUT2D eigenvalue weighted by Crippen LogP contribution is -2.67. The highest BCUT2D eigenvalue weighted by molar-refractivity contribution is 6.99. The molecule has 0 aliphatic rings. The summed E-state index contributed by atoms with van der Waals surface area (Å²) in [6, 6.07) is 31.3. The molecule has 0 unspecified atom stereocenters. The lowest BCUT2D eigenvalue weighted by atomic mass is 10.2. The Morgan fingerprint density at radius 2 is 1.31 bits per heavy atom. The average molecular weight is 447 g/mol. The maximum atomic E-state index is 11.1. The van der Waals surface area contributed by atoms with Crippen molar-refractivity contribution >= 4 is 25.0 Å². The molecule has 0 aliphatic heterocycles. The molecule has 0 heterocycles. The summed E-state index contributed by atoms with van der Waals surface area (Å²) in [6.07, 6.45) is 1.92. The van der Waals surface area contributed by atoms with Gasteiger partial charge < -0.3 is 14.0 Å². The standard InChI is InChI=1S/C28H34O3Si/c1-28(2,3)32(26-17-9-5-10-18-26,27-19-11-6-12-20-27)31-23-25(16-13-21-29)30-22-24-14-7-4-8-15-24/h4-12,14-15,17-21,25H,13,16,22-23H2,1-3H3/t25-/m0/s1. The van der Waals surface area contributed by atoms with Crippen molar-refractivity contribution in [1.82, 2.24) is 0 Å². The molecule has 0 saturated heterocycles. The summed E-state index contributed by atoms with van der Waals surface area (Å²) in [5.74, 6) is 0. The lowest BCUT2D eigenvalue weighted by Gasteiger charge is -2.43. The minimum atomic E-state index is -2.63. The Hall–Kier alpha value is -2.53. The molecule has 0 N–H and O–H groups in total. The summed E-state index contributed by atoms with van der Waals surface area (Å²) in [4.78, 5) is 11.1. The fourth-order valence-corrected chi connectivity index (χ4v) is 8.83. The van der Waals surface area contributed by atoms with Crippen LogP contribution in [0.2, 0.25) is 5.04 Å². The van der Waals surface area contributed by atoms with Crippen LogP contribution < -0.4 is 10.4 Å². The molecular weight excluding hydrogens is 412 g/mol. The van der Waals surface area contributed by atoms with E-state index in [-0.39, 0.29) is 11.1 Å². The number of ether oxygens (including phenoxy) is 1. The summed E-state index contributed by atoms with van der Waals surface area (Å²) < 4.78 is 13.3. The van der Waals surface area contributed by atoms with E-state index in [4.69, 9.17) is 9.16 Å². The van der Waals surface area contributed by atoms with E-state index >= 15 is 0 Å². The van der Waals surface area contributed by atoms with Crippen molar-refractivity contribution < 1.29 is 14.0 Å². The Labute approximate surface area is 193 Å². The Morgan fingerprint density at radius 3 is 1.78 bits per heavy atom. The van der Waals surface area contributed by atoms with Crippen LogP contribution in [-0.4, -0.2) is 27.3 Å². The fourth-order valence-electron chi connectivity index (χ4n) is 4.24. The first-order valence-electron chi connectivity index (χ1n) is 11.3. The van der Waals surface area contributed by atoms with Crippen molar-refractivity contribution in [2.75, 3.05) is 6.61 Å². The highest BCUT2D eigenvalue weighted by atomic mass is 28.4. The van der Waals surface area contributed by atoms with Crippen LogP contribution in [0.1, 0.15) is 39.2 Å². The van der Waals surface area contributed by atoms with Gasteiger partial charge in [0.15, 0.2) is 0 Å². The molecule has 3 nitrogen and oxygen atoms in total. The van der Waals surface area contributed by atoms with Crippen LogP contribution in [0.3, 0.4) is 0 Å². The highest BCUT2D eigenvalue weighted by Crippen LogP contribution is 2.37. The molecule has 0 saturated carbocycles. The quantitative estimate of drug-likeness (QED) is 0.303. The molecule has 168 valence electrons. The predicted molar refractivity (Wildman–Crippen MR) is 134 cm³/mol. The summed E-state index contributed by atoms with van der Waals surface area (Å²) in [7, 11) is -2.63. The molecule has 3 aromatic rings. The smallest absolute Gasteiger partial charge is 0.261 e. The SMILES string of the molecule is CC(C)(C)[Si](OC[C@H](CCC=O)OCc1ccccc1)(c1ccccc1)c1ccccc1. The van der Waals surface area contributed by atoms with Gasteiger partial charge in [0, 0.05) is 6.42 Å². The number of hydrogen-bond donors (Lipinski definition) is 0. The Bertz CT molecular complexity index is 897. The Morgan fingerprint density at radius 1 is 0.812 bits per heavy atom. The van der Waals surface area contributed by atoms with Crippen LogP contribution in [0, 0.1) is 0 Å². The van der Waals surface area contributed by atoms with Crippen molar-refractivity contribution in [3.63, 3.8) is 0 Å². The van der Waals surface area contributed by atoms with Crippen LogP contribution in [0.15, 0.2) is 91.0 Å². The largest absolute Gasteiger partial charge is 0.405 e. The monoisotopic (exact) mass is 446 g/mol. The zero-order valence-corrected chi connectivity index (χ0v) is 20.4. The number of hydrogen-bond acceptors (Lipinski definition) is 3. The summed E-state index contributed by atoms with van der Waals surface area (Å²) in [5.41, 5.74) is 1.12. The number of carbonyl (C=O) groups excluding carboxylic acids is 1. The maximum Gasteiger partial charge on any atom is 0.261 e. The molecule has 4 heteroatoms. The number of benzene rings is 3. The van der Waals surface area contributed by atoms with E-state index in [1.54, 1.807) is 0 Å². The third-order valence-electron chi connectivity index (χ3n) is 5.84. The van der Waals surface area contributed by atoms with Crippen LogP contribution in [0.4, 0.5) is 0 Å². The van der Waals surface area contributed by atoms with Gasteiger partial charge in [-0.2, -0.15) is 0 Å². The van der Waals surface area contributed by atoms with E-state index in [1.807, 2.05) is 30.3 Å². The fraction of sp³-hybridized carbons (Fsp3) is 0.321. The zero-order valence-electron chi connectivity index (χ0n) is 19.4. The summed E-state index contributed by atoms with van der Waals surface area (Å²) in [6.45, 7) is 7.77. The minimum Gasteiger partial charge on any atom is -0.405 e. The van der Waals surface area contributed by atoms with Crippen molar-refractivity contribution in [2.45, 2.75) is 51.4 Å². The highest BCUT2D eigenvalue weighted by Gasteiger charge is 2.50. The van der Waals surface area contributed by atoms with Gasteiger partial charge in [-0.25, -0.2) is 0 Å². The molecule has 0 amide bonds. The molecule has 3 rings (SSSR count). The average Bonchev–Trinajstić information content (AvgIpc) is 2.82. The molecular formula is C28H34O3Si. The second kappa shape index (κ2) is 11.4. The molecule has 0 radical (unpaired) electrons. The van der Waals surface area contributed by atoms with E-state index in [0.717, 1.165) is 11.8 Å². The third-order valence-corrected chi connectivity index (χ3v) is 10.8. The number of rotatable bonds is 11. The normalized spacial score (nSPS) is 13.0. The summed E-state index contributed by atoms with van der Waals surface area (Å²) >= 11 is 0. The van der Waals surface area contributed by atoms with Gasteiger partial charge in [-0.3, -0.25) is 0 Å². The van der Waals surface area contributed by atoms with E-state index < -0.39 is 8.32 Å². The maximum absolute atomic E-state index is 11.1. The van der Waals surface area contributed by atoms with Crippen LogP contribution >= 0.6 is 0 Å². The van der Waals surface area contributed by atoms with Crippen LogP contribution in [-0.2, 0) is 20.6 Å². The van der Waals surface area contributed by atoms with Crippen molar-refractivity contribution in [2.24, 2.45) is 0 Å². The molecule has 0 aromatic heterocycles. The van der Waals surface area contributed by atoms with E-state index in [2.05, 4.69) is 81.4 Å². The van der Waals surface area contributed by atoms with Crippen LogP contribution in [0.25, 0.3) is 0 Å². The third kappa shape index (κ3) is 5.83. The molecule has 0 bridgehead atoms. The van der Waals surface area contributed by atoms with Gasteiger partial charge in [0.05, 0.1) is 19.3 Å². The summed E-state index contributed by atoms with van der Waals surface area (Å²) in [5, 5.41) is 2.40. The lowest BCUT2D eigenvalue weighted by molar-refractivity contribution is -0.108. The molecule has 0 fully saturated rings. The van der Waals surface area contributed by atoms with E-state index in [0.29, 0.717) is 26.1 Å². The number of aldehydes is 1. The first-order chi connectivity index (χ1) is 15.5.